The second-order valence-corrected chi connectivity index (χ2v) is 6.52. The highest BCUT2D eigenvalue weighted by molar-refractivity contribution is 7.86. The predicted molar refractivity (Wildman–Crippen MR) is 92.6 cm³/mol. The molecule has 3 aromatic carbocycles. The third-order valence-electron chi connectivity index (χ3n) is 3.60. The van der Waals surface area contributed by atoms with Crippen LogP contribution in [0.1, 0.15) is 0 Å². The molecule has 0 unspecified atom stereocenters. The Labute approximate surface area is 144 Å². The molecule has 0 aliphatic rings. The molecular formula is C17H14N2O5S. The number of ether oxygens (including phenoxy) is 1. The van der Waals surface area contributed by atoms with E-state index < -0.39 is 10.1 Å². The number of benzene rings is 3. The quantitative estimate of drug-likeness (QED) is 0.536. The number of phenolic OH excluding ortho intramolecular Hbond substituents is 1. The Balaban J connectivity index is 2.10. The van der Waals surface area contributed by atoms with Gasteiger partial charge in [0.25, 0.3) is 10.1 Å². The number of phenols is 1. The lowest BCUT2D eigenvalue weighted by Crippen LogP contribution is -1.98. The van der Waals surface area contributed by atoms with Gasteiger partial charge in [-0.15, -0.1) is 10.2 Å². The molecule has 0 spiro atoms. The number of rotatable bonds is 4. The first-order valence-corrected chi connectivity index (χ1v) is 8.63. The van der Waals surface area contributed by atoms with Gasteiger partial charge in [0.1, 0.15) is 22.0 Å². The molecule has 0 heterocycles. The Kier molecular flexibility index (Phi) is 4.39. The van der Waals surface area contributed by atoms with E-state index in [1.54, 1.807) is 24.3 Å². The zero-order chi connectivity index (χ0) is 18.0. The van der Waals surface area contributed by atoms with E-state index in [0.717, 1.165) is 0 Å². The van der Waals surface area contributed by atoms with Crippen LogP contribution in [0.4, 0.5) is 11.4 Å². The number of nitrogens with zero attached hydrogens (tertiary/aromatic N) is 2. The molecule has 0 fully saturated rings. The standard InChI is InChI=1S/C17H14N2O5S/c1-24-15-7-3-2-6-13(15)18-19-14-10-9-11-12(17(14)20)5-4-8-16(11)25(21,22)23/h2-10,20H,1H3,(H,21,22,23). The van der Waals surface area contributed by atoms with Crippen LogP contribution in [0.15, 0.2) is 69.7 Å². The number of methoxy groups -OCH3 is 1. The minimum Gasteiger partial charge on any atom is -0.505 e. The maximum atomic E-state index is 11.4. The summed E-state index contributed by atoms with van der Waals surface area (Å²) < 4.78 is 37.4. The van der Waals surface area contributed by atoms with Crippen LogP contribution in [0.2, 0.25) is 0 Å². The summed E-state index contributed by atoms with van der Waals surface area (Å²) in [5, 5.41) is 18.9. The van der Waals surface area contributed by atoms with Gasteiger partial charge in [-0.25, -0.2) is 0 Å². The van der Waals surface area contributed by atoms with Gasteiger partial charge < -0.3 is 9.84 Å². The number of azo groups is 1. The van der Waals surface area contributed by atoms with Gasteiger partial charge in [-0.3, -0.25) is 4.55 Å². The van der Waals surface area contributed by atoms with Crippen molar-refractivity contribution in [3.05, 3.63) is 54.6 Å². The molecule has 25 heavy (non-hydrogen) atoms. The summed E-state index contributed by atoms with van der Waals surface area (Å²) in [5.74, 6) is 0.293. The summed E-state index contributed by atoms with van der Waals surface area (Å²) >= 11 is 0. The molecule has 8 heteroatoms. The SMILES string of the molecule is COc1ccccc1N=Nc1ccc2c(S(=O)(=O)O)cccc2c1O. The molecule has 0 saturated heterocycles. The minimum atomic E-state index is -4.40. The molecule has 0 atom stereocenters. The largest absolute Gasteiger partial charge is 0.505 e. The fourth-order valence-electron chi connectivity index (χ4n) is 2.43. The fraction of sp³-hybridized carbons (Fsp3) is 0.0588. The predicted octanol–water partition coefficient (Wildman–Crippen LogP) is 4.22. The first kappa shape index (κ1) is 16.9. The van der Waals surface area contributed by atoms with Crippen LogP contribution in [-0.4, -0.2) is 25.2 Å². The summed E-state index contributed by atoms with van der Waals surface area (Å²) in [6.45, 7) is 0. The van der Waals surface area contributed by atoms with Crippen molar-refractivity contribution in [1.29, 1.82) is 0 Å². The van der Waals surface area contributed by atoms with E-state index in [9.17, 15) is 18.1 Å². The van der Waals surface area contributed by atoms with E-state index in [0.29, 0.717) is 11.4 Å². The Morgan fingerprint density at radius 1 is 0.880 bits per heavy atom. The van der Waals surface area contributed by atoms with Crippen LogP contribution in [-0.2, 0) is 10.1 Å². The van der Waals surface area contributed by atoms with Crippen molar-refractivity contribution in [3.8, 4) is 11.5 Å². The lowest BCUT2D eigenvalue weighted by atomic mass is 10.1. The second kappa shape index (κ2) is 6.50. The maximum absolute atomic E-state index is 11.4. The highest BCUT2D eigenvalue weighted by Gasteiger charge is 2.16. The van der Waals surface area contributed by atoms with Gasteiger partial charge in [0.15, 0.2) is 5.75 Å². The van der Waals surface area contributed by atoms with Gasteiger partial charge in [0.2, 0.25) is 0 Å². The molecule has 0 amide bonds. The number of hydrogen-bond acceptors (Lipinski definition) is 6. The lowest BCUT2D eigenvalue weighted by molar-refractivity contribution is 0.416. The highest BCUT2D eigenvalue weighted by atomic mass is 32.2. The molecule has 0 aliphatic heterocycles. The normalized spacial score (nSPS) is 11.9. The van der Waals surface area contributed by atoms with Crippen LogP contribution in [0, 0.1) is 0 Å². The summed E-state index contributed by atoms with van der Waals surface area (Å²) in [5.41, 5.74) is 0.641. The molecule has 0 radical (unpaired) electrons. The Bertz CT molecular complexity index is 1080. The van der Waals surface area contributed by atoms with E-state index in [2.05, 4.69) is 10.2 Å². The zero-order valence-corrected chi connectivity index (χ0v) is 13.9. The third kappa shape index (κ3) is 3.30. The molecule has 3 rings (SSSR count). The molecule has 0 aromatic heterocycles. The van der Waals surface area contributed by atoms with E-state index in [1.807, 2.05) is 0 Å². The van der Waals surface area contributed by atoms with Gasteiger partial charge in [-0.05, 0) is 24.3 Å². The van der Waals surface area contributed by atoms with Crippen LogP contribution < -0.4 is 4.74 Å². The van der Waals surface area contributed by atoms with E-state index in [-0.39, 0.29) is 27.1 Å². The molecule has 7 nitrogen and oxygen atoms in total. The Morgan fingerprint density at radius 3 is 2.32 bits per heavy atom. The van der Waals surface area contributed by atoms with Crippen molar-refractivity contribution in [1.82, 2.24) is 0 Å². The minimum absolute atomic E-state index is 0.158. The molecule has 0 saturated carbocycles. The number of hydrogen-bond donors (Lipinski definition) is 2. The van der Waals surface area contributed by atoms with Crippen molar-refractivity contribution < 1.29 is 22.8 Å². The first-order valence-electron chi connectivity index (χ1n) is 7.19. The van der Waals surface area contributed by atoms with Crippen molar-refractivity contribution in [2.24, 2.45) is 10.2 Å². The number of para-hydroxylation sites is 1. The Hall–Kier alpha value is -2.97. The molecule has 128 valence electrons. The van der Waals surface area contributed by atoms with Gasteiger partial charge in [-0.2, -0.15) is 8.42 Å². The molecular weight excluding hydrogens is 344 g/mol. The summed E-state index contributed by atoms with van der Waals surface area (Å²) in [4.78, 5) is -0.284. The smallest absolute Gasteiger partial charge is 0.295 e. The molecule has 3 aromatic rings. The van der Waals surface area contributed by atoms with Gasteiger partial charge in [-0.1, -0.05) is 30.3 Å². The van der Waals surface area contributed by atoms with Gasteiger partial charge >= 0.3 is 0 Å². The Morgan fingerprint density at radius 2 is 1.60 bits per heavy atom. The third-order valence-corrected chi connectivity index (χ3v) is 4.51. The van der Waals surface area contributed by atoms with Crippen molar-refractivity contribution in [3.63, 3.8) is 0 Å². The van der Waals surface area contributed by atoms with Crippen molar-refractivity contribution in [2.75, 3.05) is 7.11 Å². The fourth-order valence-corrected chi connectivity index (χ4v) is 3.13. The molecule has 0 bridgehead atoms. The summed E-state index contributed by atoms with van der Waals surface area (Å²) in [6.07, 6.45) is 0. The first-order chi connectivity index (χ1) is 11.9. The number of fused-ring (bicyclic) bond motifs is 1. The summed E-state index contributed by atoms with van der Waals surface area (Å²) in [6, 6.07) is 14.1. The van der Waals surface area contributed by atoms with Gasteiger partial charge in [0.05, 0.1) is 7.11 Å². The second-order valence-electron chi connectivity index (χ2n) is 5.13. The van der Waals surface area contributed by atoms with Crippen LogP contribution in [0.25, 0.3) is 10.8 Å². The van der Waals surface area contributed by atoms with E-state index in [1.165, 1.54) is 37.4 Å². The monoisotopic (exact) mass is 358 g/mol. The summed E-state index contributed by atoms with van der Waals surface area (Å²) in [7, 11) is -2.89. The topological polar surface area (TPSA) is 109 Å². The van der Waals surface area contributed by atoms with Crippen molar-refractivity contribution >= 4 is 32.3 Å². The lowest BCUT2D eigenvalue weighted by Gasteiger charge is -2.07. The average molecular weight is 358 g/mol. The average Bonchev–Trinajstić information content (AvgIpc) is 2.60. The van der Waals surface area contributed by atoms with E-state index in [4.69, 9.17) is 4.74 Å². The maximum Gasteiger partial charge on any atom is 0.295 e. The molecule has 2 N–H and O–H groups in total. The van der Waals surface area contributed by atoms with Crippen LogP contribution >= 0.6 is 0 Å². The van der Waals surface area contributed by atoms with Crippen LogP contribution in [0.3, 0.4) is 0 Å². The highest BCUT2D eigenvalue weighted by Crippen LogP contribution is 2.38. The van der Waals surface area contributed by atoms with Gasteiger partial charge in [0, 0.05) is 10.8 Å². The van der Waals surface area contributed by atoms with Crippen molar-refractivity contribution in [2.45, 2.75) is 4.90 Å². The van der Waals surface area contributed by atoms with Crippen LogP contribution in [0.5, 0.6) is 11.5 Å². The number of aromatic hydroxyl groups is 1. The van der Waals surface area contributed by atoms with E-state index >= 15 is 0 Å². The molecule has 0 aliphatic carbocycles. The zero-order valence-electron chi connectivity index (χ0n) is 13.1.